The van der Waals surface area contributed by atoms with E-state index in [9.17, 15) is 4.79 Å². The number of rotatable bonds is 5. The number of nitrogens with one attached hydrogen (secondary N) is 1. The molecule has 2 aromatic rings. The number of hydrogen-bond donors (Lipinski definition) is 1. The van der Waals surface area contributed by atoms with Gasteiger partial charge in [-0.05, 0) is 42.8 Å². The lowest BCUT2D eigenvalue weighted by atomic mass is 10.1. The highest BCUT2D eigenvalue weighted by Crippen LogP contribution is 2.18. The summed E-state index contributed by atoms with van der Waals surface area (Å²) in [6.45, 7) is 1.95. The zero-order valence-corrected chi connectivity index (χ0v) is 12.2. The largest absolute Gasteiger partial charge is 0.462 e. The summed E-state index contributed by atoms with van der Waals surface area (Å²) in [5, 5.41) is 12.3. The van der Waals surface area contributed by atoms with Crippen molar-refractivity contribution in [3.63, 3.8) is 0 Å². The molecule has 0 bridgehead atoms. The summed E-state index contributed by atoms with van der Waals surface area (Å²) in [6.07, 6.45) is 1.52. The van der Waals surface area contributed by atoms with Crippen LogP contribution in [-0.2, 0) is 9.53 Å². The standard InChI is InChI=1S/C18H16N2O2/c1-2-22-18(21)15(13-19)12-14-8-10-17(11-9-14)20-16-6-4-3-5-7-16/h3-12,20H,2H2,1H3/b15-12+. The number of ether oxygens (including phenoxy) is 1. The van der Waals surface area contributed by atoms with Crippen LogP contribution in [0.5, 0.6) is 0 Å². The van der Waals surface area contributed by atoms with E-state index in [-0.39, 0.29) is 12.2 Å². The van der Waals surface area contributed by atoms with E-state index in [0.29, 0.717) is 0 Å². The fourth-order valence-corrected chi connectivity index (χ4v) is 1.86. The first-order chi connectivity index (χ1) is 10.7. The van der Waals surface area contributed by atoms with Crippen molar-refractivity contribution in [2.45, 2.75) is 6.92 Å². The van der Waals surface area contributed by atoms with E-state index in [1.807, 2.05) is 60.7 Å². The van der Waals surface area contributed by atoms with Crippen molar-refractivity contribution in [2.75, 3.05) is 11.9 Å². The number of para-hydroxylation sites is 1. The minimum absolute atomic E-state index is 0.00869. The molecule has 22 heavy (non-hydrogen) atoms. The van der Waals surface area contributed by atoms with Crippen molar-refractivity contribution in [3.8, 4) is 6.07 Å². The fraction of sp³-hybridized carbons (Fsp3) is 0.111. The van der Waals surface area contributed by atoms with Crippen LogP contribution >= 0.6 is 0 Å². The van der Waals surface area contributed by atoms with E-state index in [0.717, 1.165) is 16.9 Å². The van der Waals surface area contributed by atoms with E-state index in [2.05, 4.69) is 5.32 Å². The van der Waals surface area contributed by atoms with Crippen LogP contribution in [0.4, 0.5) is 11.4 Å². The summed E-state index contributed by atoms with van der Waals surface area (Å²) in [7, 11) is 0. The number of hydrogen-bond acceptors (Lipinski definition) is 4. The molecule has 4 heteroatoms. The van der Waals surface area contributed by atoms with E-state index >= 15 is 0 Å². The molecule has 0 amide bonds. The Morgan fingerprint density at radius 3 is 2.36 bits per heavy atom. The number of carbonyl (C=O) groups excluding carboxylic acids is 1. The molecule has 0 saturated carbocycles. The van der Waals surface area contributed by atoms with Crippen LogP contribution in [0.15, 0.2) is 60.2 Å². The third kappa shape index (κ3) is 4.22. The molecule has 4 nitrogen and oxygen atoms in total. The lowest BCUT2D eigenvalue weighted by Gasteiger charge is -2.06. The van der Waals surface area contributed by atoms with Crippen LogP contribution in [0.2, 0.25) is 0 Å². The molecule has 110 valence electrons. The predicted molar refractivity (Wildman–Crippen MR) is 86.4 cm³/mol. The topological polar surface area (TPSA) is 62.1 Å². The Hall–Kier alpha value is -3.06. The van der Waals surface area contributed by atoms with Crippen molar-refractivity contribution >= 4 is 23.4 Å². The van der Waals surface area contributed by atoms with Crippen LogP contribution in [-0.4, -0.2) is 12.6 Å². The van der Waals surface area contributed by atoms with Crippen molar-refractivity contribution < 1.29 is 9.53 Å². The Morgan fingerprint density at radius 2 is 1.77 bits per heavy atom. The van der Waals surface area contributed by atoms with Crippen LogP contribution in [0, 0.1) is 11.3 Å². The highest BCUT2D eigenvalue weighted by molar-refractivity contribution is 5.97. The molecular weight excluding hydrogens is 276 g/mol. The van der Waals surface area contributed by atoms with Crippen LogP contribution in [0.3, 0.4) is 0 Å². The second kappa shape index (κ2) is 7.65. The Kier molecular flexibility index (Phi) is 5.33. The van der Waals surface area contributed by atoms with Gasteiger partial charge in [0.05, 0.1) is 6.61 Å². The molecule has 0 atom stereocenters. The summed E-state index contributed by atoms with van der Waals surface area (Å²) >= 11 is 0. The minimum Gasteiger partial charge on any atom is -0.462 e. The Balaban J connectivity index is 2.11. The molecule has 0 unspecified atom stereocenters. The lowest BCUT2D eigenvalue weighted by molar-refractivity contribution is -0.137. The predicted octanol–water partition coefficient (Wildman–Crippen LogP) is 3.90. The van der Waals surface area contributed by atoms with Gasteiger partial charge in [0.1, 0.15) is 11.6 Å². The number of esters is 1. The molecule has 1 N–H and O–H groups in total. The maximum atomic E-state index is 11.6. The van der Waals surface area contributed by atoms with Crippen molar-refractivity contribution in [1.82, 2.24) is 0 Å². The first-order valence-electron chi connectivity index (χ1n) is 6.94. The number of nitriles is 1. The van der Waals surface area contributed by atoms with Gasteiger partial charge in [-0.25, -0.2) is 4.79 Å². The quantitative estimate of drug-likeness (QED) is 0.516. The van der Waals surface area contributed by atoms with Gasteiger partial charge in [0.25, 0.3) is 0 Å². The fourth-order valence-electron chi connectivity index (χ4n) is 1.86. The van der Waals surface area contributed by atoms with Gasteiger partial charge in [-0.3, -0.25) is 0 Å². The Labute approximate surface area is 129 Å². The first-order valence-corrected chi connectivity index (χ1v) is 6.94. The van der Waals surface area contributed by atoms with Gasteiger partial charge in [-0.2, -0.15) is 5.26 Å². The van der Waals surface area contributed by atoms with Gasteiger partial charge < -0.3 is 10.1 Å². The van der Waals surface area contributed by atoms with Crippen LogP contribution < -0.4 is 5.32 Å². The minimum atomic E-state index is -0.600. The molecule has 0 spiro atoms. The highest BCUT2D eigenvalue weighted by atomic mass is 16.5. The van der Waals surface area contributed by atoms with Crippen LogP contribution in [0.1, 0.15) is 12.5 Å². The van der Waals surface area contributed by atoms with E-state index < -0.39 is 5.97 Å². The Morgan fingerprint density at radius 1 is 1.14 bits per heavy atom. The molecule has 0 aliphatic carbocycles. The summed E-state index contributed by atoms with van der Waals surface area (Å²) in [6, 6.07) is 19.1. The van der Waals surface area contributed by atoms with Gasteiger partial charge in [0, 0.05) is 11.4 Å². The zero-order chi connectivity index (χ0) is 15.8. The average Bonchev–Trinajstić information content (AvgIpc) is 2.55. The van der Waals surface area contributed by atoms with Gasteiger partial charge in [0.2, 0.25) is 0 Å². The van der Waals surface area contributed by atoms with Gasteiger partial charge in [-0.1, -0.05) is 30.3 Å². The van der Waals surface area contributed by atoms with E-state index in [1.54, 1.807) is 6.92 Å². The third-order valence-electron chi connectivity index (χ3n) is 2.90. The van der Waals surface area contributed by atoms with Gasteiger partial charge in [-0.15, -0.1) is 0 Å². The Bertz CT molecular complexity index is 698. The molecule has 2 rings (SSSR count). The van der Waals surface area contributed by atoms with Crippen LogP contribution in [0.25, 0.3) is 6.08 Å². The molecule has 2 aromatic carbocycles. The maximum absolute atomic E-state index is 11.6. The normalized spacial score (nSPS) is 10.6. The summed E-state index contributed by atoms with van der Waals surface area (Å²) in [5.74, 6) is -0.600. The second-order valence-corrected chi connectivity index (χ2v) is 4.50. The number of benzene rings is 2. The third-order valence-corrected chi connectivity index (χ3v) is 2.90. The molecule has 0 heterocycles. The van der Waals surface area contributed by atoms with Crippen molar-refractivity contribution in [1.29, 1.82) is 5.26 Å². The van der Waals surface area contributed by atoms with Gasteiger partial charge >= 0.3 is 5.97 Å². The molecule has 0 radical (unpaired) electrons. The molecule has 0 aromatic heterocycles. The maximum Gasteiger partial charge on any atom is 0.348 e. The molecule has 0 fully saturated rings. The molecular formula is C18H16N2O2. The summed E-state index contributed by atoms with van der Waals surface area (Å²) in [4.78, 5) is 11.6. The second-order valence-electron chi connectivity index (χ2n) is 4.50. The SMILES string of the molecule is CCOC(=O)/C(C#N)=C/c1ccc(Nc2ccccc2)cc1. The molecule has 0 aliphatic rings. The lowest BCUT2D eigenvalue weighted by Crippen LogP contribution is -2.05. The highest BCUT2D eigenvalue weighted by Gasteiger charge is 2.09. The van der Waals surface area contributed by atoms with Crippen molar-refractivity contribution in [2.24, 2.45) is 0 Å². The monoisotopic (exact) mass is 292 g/mol. The zero-order valence-electron chi connectivity index (χ0n) is 12.2. The molecule has 0 saturated heterocycles. The first kappa shape index (κ1) is 15.3. The smallest absolute Gasteiger partial charge is 0.348 e. The average molecular weight is 292 g/mol. The summed E-state index contributed by atoms with van der Waals surface area (Å²) < 4.78 is 4.83. The van der Waals surface area contributed by atoms with E-state index in [1.165, 1.54) is 6.08 Å². The number of anilines is 2. The van der Waals surface area contributed by atoms with Gasteiger partial charge in [0.15, 0.2) is 0 Å². The molecule has 0 aliphatic heterocycles. The number of carbonyl (C=O) groups is 1. The summed E-state index contributed by atoms with van der Waals surface area (Å²) in [5.41, 5.74) is 2.68. The van der Waals surface area contributed by atoms with E-state index in [4.69, 9.17) is 10.00 Å². The van der Waals surface area contributed by atoms with Crippen molar-refractivity contribution in [3.05, 3.63) is 65.7 Å². The number of nitrogens with zero attached hydrogens (tertiary/aromatic N) is 1.